The fourth-order valence-electron chi connectivity index (χ4n) is 1.84. The van der Waals surface area contributed by atoms with Crippen molar-refractivity contribution in [3.05, 3.63) is 53.9 Å². The van der Waals surface area contributed by atoms with Crippen molar-refractivity contribution in [1.82, 2.24) is 4.98 Å². The van der Waals surface area contributed by atoms with Crippen LogP contribution in [0.5, 0.6) is 11.5 Å². The van der Waals surface area contributed by atoms with Gasteiger partial charge in [-0.25, -0.2) is 4.98 Å². The van der Waals surface area contributed by atoms with Crippen LogP contribution in [-0.2, 0) is 5.41 Å². The lowest BCUT2D eigenvalue weighted by molar-refractivity contribution is 0.454. The number of aromatic nitrogens is 1. The molecule has 19 heavy (non-hydrogen) atoms. The maximum absolute atomic E-state index is 8.84. The molecule has 0 N–H and O–H groups in total. The van der Waals surface area contributed by atoms with Crippen molar-refractivity contribution in [1.29, 1.82) is 5.26 Å². The van der Waals surface area contributed by atoms with Crippen molar-refractivity contribution in [2.75, 3.05) is 0 Å². The first-order valence-corrected chi connectivity index (χ1v) is 6.14. The van der Waals surface area contributed by atoms with Gasteiger partial charge in [-0.1, -0.05) is 39.0 Å². The third-order valence-corrected chi connectivity index (χ3v) is 2.77. The van der Waals surface area contributed by atoms with Gasteiger partial charge >= 0.3 is 0 Å². The van der Waals surface area contributed by atoms with Crippen molar-refractivity contribution in [3.8, 4) is 17.6 Å². The summed E-state index contributed by atoms with van der Waals surface area (Å²) in [5.74, 6) is 1.44. The Morgan fingerprint density at radius 2 is 1.89 bits per heavy atom. The number of ether oxygens (including phenoxy) is 1. The van der Waals surface area contributed by atoms with Crippen LogP contribution in [0.2, 0.25) is 0 Å². The highest BCUT2D eigenvalue weighted by molar-refractivity contribution is 5.42. The molecule has 3 nitrogen and oxygen atoms in total. The highest BCUT2D eigenvalue weighted by Crippen LogP contribution is 2.33. The molecule has 0 unspecified atom stereocenters. The smallest absolute Gasteiger partial charge is 0.144 e. The third kappa shape index (κ3) is 3.11. The van der Waals surface area contributed by atoms with Gasteiger partial charge in [0.15, 0.2) is 0 Å². The molecule has 3 heteroatoms. The minimum absolute atomic E-state index is 0.00167. The number of para-hydroxylation sites is 1. The largest absolute Gasteiger partial charge is 0.457 e. The summed E-state index contributed by atoms with van der Waals surface area (Å²) in [6, 6.07) is 13.3. The average molecular weight is 252 g/mol. The molecular formula is C16H16N2O. The Bertz CT molecular complexity index is 621. The van der Waals surface area contributed by atoms with Crippen LogP contribution in [0.1, 0.15) is 32.0 Å². The Morgan fingerprint density at radius 1 is 1.16 bits per heavy atom. The second-order valence-corrected chi connectivity index (χ2v) is 5.34. The molecule has 2 rings (SSSR count). The summed E-state index contributed by atoms with van der Waals surface area (Å²) in [4.78, 5) is 3.93. The molecule has 0 amide bonds. The Morgan fingerprint density at radius 3 is 2.58 bits per heavy atom. The maximum atomic E-state index is 8.84. The van der Waals surface area contributed by atoms with Crippen LogP contribution in [0, 0.1) is 11.3 Å². The summed E-state index contributed by atoms with van der Waals surface area (Å²) in [5, 5.41) is 8.84. The predicted molar refractivity (Wildman–Crippen MR) is 74.2 cm³/mol. The van der Waals surface area contributed by atoms with E-state index in [-0.39, 0.29) is 5.41 Å². The zero-order chi connectivity index (χ0) is 13.9. The molecule has 1 aromatic carbocycles. The van der Waals surface area contributed by atoms with Gasteiger partial charge in [-0.2, -0.15) is 5.26 Å². The molecule has 0 aliphatic heterocycles. The maximum Gasteiger partial charge on any atom is 0.144 e. The molecule has 0 saturated carbocycles. The molecule has 0 spiro atoms. The lowest BCUT2D eigenvalue weighted by Crippen LogP contribution is -2.12. The number of pyridine rings is 1. The number of rotatable bonds is 2. The monoisotopic (exact) mass is 252 g/mol. The zero-order valence-electron chi connectivity index (χ0n) is 11.3. The van der Waals surface area contributed by atoms with Crippen molar-refractivity contribution < 1.29 is 4.74 Å². The van der Waals surface area contributed by atoms with E-state index >= 15 is 0 Å². The highest BCUT2D eigenvalue weighted by atomic mass is 16.5. The number of nitriles is 1. The van der Waals surface area contributed by atoms with Crippen LogP contribution in [0.15, 0.2) is 42.6 Å². The average Bonchev–Trinajstić information content (AvgIpc) is 2.38. The molecule has 0 fully saturated rings. The molecule has 0 aliphatic carbocycles. The van der Waals surface area contributed by atoms with Crippen LogP contribution in [0.25, 0.3) is 0 Å². The molecule has 0 bridgehead atoms. The Labute approximate surface area is 113 Å². The van der Waals surface area contributed by atoms with Gasteiger partial charge in [0.1, 0.15) is 23.3 Å². The topological polar surface area (TPSA) is 45.9 Å². The van der Waals surface area contributed by atoms with E-state index in [2.05, 4.69) is 31.8 Å². The lowest BCUT2D eigenvalue weighted by Gasteiger charge is -2.22. The fourth-order valence-corrected chi connectivity index (χ4v) is 1.84. The van der Waals surface area contributed by atoms with E-state index in [1.54, 1.807) is 18.3 Å². The summed E-state index contributed by atoms with van der Waals surface area (Å²) < 4.78 is 5.89. The number of benzene rings is 1. The molecule has 1 heterocycles. The van der Waals surface area contributed by atoms with E-state index in [0.717, 1.165) is 11.3 Å². The van der Waals surface area contributed by atoms with Crippen LogP contribution in [0.4, 0.5) is 0 Å². The van der Waals surface area contributed by atoms with Gasteiger partial charge in [-0.3, -0.25) is 0 Å². The second-order valence-electron chi connectivity index (χ2n) is 5.34. The number of hydrogen-bond acceptors (Lipinski definition) is 3. The van der Waals surface area contributed by atoms with Gasteiger partial charge in [0.2, 0.25) is 0 Å². The molecule has 96 valence electrons. The van der Waals surface area contributed by atoms with Gasteiger partial charge < -0.3 is 4.74 Å². The minimum Gasteiger partial charge on any atom is -0.457 e. The van der Waals surface area contributed by atoms with Crippen molar-refractivity contribution in [2.45, 2.75) is 26.2 Å². The molecule has 0 radical (unpaired) electrons. The number of hydrogen-bond donors (Lipinski definition) is 0. The summed E-state index contributed by atoms with van der Waals surface area (Å²) in [5.41, 5.74) is 1.48. The van der Waals surface area contributed by atoms with Crippen molar-refractivity contribution in [3.63, 3.8) is 0 Å². The summed E-state index contributed by atoms with van der Waals surface area (Å²) in [6.07, 6.45) is 1.58. The quantitative estimate of drug-likeness (QED) is 0.810. The van der Waals surface area contributed by atoms with E-state index < -0.39 is 0 Å². The van der Waals surface area contributed by atoms with Gasteiger partial charge in [0, 0.05) is 17.8 Å². The molecule has 0 aliphatic rings. The summed E-state index contributed by atoms with van der Waals surface area (Å²) in [6.45, 7) is 6.42. The van der Waals surface area contributed by atoms with E-state index in [9.17, 15) is 0 Å². The van der Waals surface area contributed by atoms with Gasteiger partial charge in [0.25, 0.3) is 0 Å². The Hall–Kier alpha value is -2.34. The predicted octanol–water partition coefficient (Wildman–Crippen LogP) is 4.04. The first kappa shape index (κ1) is 13.1. The zero-order valence-corrected chi connectivity index (χ0v) is 11.3. The standard InChI is InChI=1S/C16H16N2O/c1-16(2,3)14-6-4-5-7-15(14)19-13-8-9-18-12(10-13)11-17/h4-10H,1-3H3. The van der Waals surface area contributed by atoms with Gasteiger partial charge in [-0.05, 0) is 17.5 Å². The van der Waals surface area contributed by atoms with E-state index in [1.807, 2.05) is 24.3 Å². The van der Waals surface area contributed by atoms with E-state index in [0.29, 0.717) is 11.4 Å². The summed E-state index contributed by atoms with van der Waals surface area (Å²) >= 11 is 0. The second kappa shape index (κ2) is 5.11. The molecule has 1 aromatic heterocycles. The molecule has 0 saturated heterocycles. The normalized spacial score (nSPS) is 10.8. The van der Waals surface area contributed by atoms with Crippen molar-refractivity contribution >= 4 is 0 Å². The van der Waals surface area contributed by atoms with Crippen LogP contribution >= 0.6 is 0 Å². The highest BCUT2D eigenvalue weighted by Gasteiger charge is 2.18. The van der Waals surface area contributed by atoms with E-state index in [1.165, 1.54) is 0 Å². The van der Waals surface area contributed by atoms with Crippen LogP contribution in [0.3, 0.4) is 0 Å². The van der Waals surface area contributed by atoms with Crippen molar-refractivity contribution in [2.24, 2.45) is 0 Å². The first-order chi connectivity index (χ1) is 9.00. The lowest BCUT2D eigenvalue weighted by atomic mass is 9.86. The third-order valence-electron chi connectivity index (χ3n) is 2.77. The molecule has 2 aromatic rings. The molecule has 0 atom stereocenters. The fraction of sp³-hybridized carbons (Fsp3) is 0.250. The Kier molecular flexibility index (Phi) is 3.52. The van der Waals surface area contributed by atoms with Gasteiger partial charge in [0.05, 0.1) is 0 Å². The minimum atomic E-state index is 0.00167. The van der Waals surface area contributed by atoms with Gasteiger partial charge in [-0.15, -0.1) is 0 Å². The van der Waals surface area contributed by atoms with Crippen LogP contribution in [-0.4, -0.2) is 4.98 Å². The SMILES string of the molecule is CC(C)(C)c1ccccc1Oc1ccnc(C#N)c1. The number of nitrogens with zero attached hydrogens (tertiary/aromatic N) is 2. The van der Waals surface area contributed by atoms with Crippen LogP contribution < -0.4 is 4.74 Å². The first-order valence-electron chi connectivity index (χ1n) is 6.14. The van der Waals surface area contributed by atoms with E-state index in [4.69, 9.17) is 10.00 Å². The summed E-state index contributed by atoms with van der Waals surface area (Å²) in [7, 11) is 0. The molecular weight excluding hydrogens is 236 g/mol. The Balaban J connectivity index is 2.36.